The van der Waals surface area contributed by atoms with Gasteiger partial charge in [0.1, 0.15) is 5.60 Å². The third-order valence-corrected chi connectivity index (χ3v) is 9.40. The van der Waals surface area contributed by atoms with Gasteiger partial charge in [-0.25, -0.2) is 4.39 Å². The van der Waals surface area contributed by atoms with Crippen molar-refractivity contribution in [3.8, 4) is 0 Å². The average Bonchev–Trinajstić information content (AvgIpc) is 2.84. The maximum Gasteiger partial charge on any atom is 0.221 e. The lowest BCUT2D eigenvalue weighted by atomic mass is 9.45. The number of carbonyl (C=O) groups excluding carboxylic acids is 2. The Morgan fingerprint density at radius 1 is 1.32 bits per heavy atom. The van der Waals surface area contributed by atoms with Crippen molar-refractivity contribution in [2.75, 3.05) is 6.26 Å². The predicted molar refractivity (Wildman–Crippen MR) is 106 cm³/mol. The highest BCUT2D eigenvalue weighted by Gasteiger charge is 2.75. The van der Waals surface area contributed by atoms with E-state index in [2.05, 4.69) is 0 Å². The first-order chi connectivity index (χ1) is 13.0. The van der Waals surface area contributed by atoms with Gasteiger partial charge in [0.05, 0.1) is 6.10 Å². The van der Waals surface area contributed by atoms with Gasteiger partial charge in [0.25, 0.3) is 0 Å². The monoisotopic (exact) mass is 408 g/mol. The van der Waals surface area contributed by atoms with Crippen LogP contribution >= 0.6 is 11.8 Å². The molecular weight excluding hydrogens is 379 g/mol. The quantitative estimate of drug-likeness (QED) is 0.697. The number of hydrogen-bond donors (Lipinski definition) is 2. The first-order valence-corrected chi connectivity index (χ1v) is 11.3. The lowest BCUT2D eigenvalue weighted by Gasteiger charge is -2.62. The van der Waals surface area contributed by atoms with E-state index in [-0.39, 0.29) is 29.2 Å². The van der Waals surface area contributed by atoms with Crippen LogP contribution in [-0.2, 0) is 9.59 Å². The van der Waals surface area contributed by atoms with E-state index in [4.69, 9.17) is 0 Å². The fraction of sp³-hybridized carbons (Fsp3) is 0.727. The van der Waals surface area contributed by atoms with Crippen molar-refractivity contribution in [2.45, 2.75) is 63.8 Å². The maximum atomic E-state index is 16.9. The topological polar surface area (TPSA) is 74.6 Å². The van der Waals surface area contributed by atoms with Gasteiger partial charge in [-0.1, -0.05) is 37.3 Å². The minimum absolute atomic E-state index is 0.0302. The first kappa shape index (κ1) is 20.3. The van der Waals surface area contributed by atoms with Gasteiger partial charge in [-0.05, 0) is 62.9 Å². The lowest BCUT2D eigenvalue weighted by molar-refractivity contribution is -0.216. The van der Waals surface area contributed by atoms with Crippen LogP contribution in [0.25, 0.3) is 0 Å². The SMILES string of the molecule is CSC(=O)[C@@]1(O)C(C)CC2C3CCC4=CC(=O)C=C[C@]4(C)[C@@]3(F)C(O)C[C@@]21C. The summed E-state index contributed by atoms with van der Waals surface area (Å²) in [5, 5.41) is 22.4. The number of halogens is 1. The minimum atomic E-state index is -1.92. The van der Waals surface area contributed by atoms with E-state index in [9.17, 15) is 19.8 Å². The summed E-state index contributed by atoms with van der Waals surface area (Å²) in [6, 6.07) is 0. The van der Waals surface area contributed by atoms with Crippen LogP contribution < -0.4 is 0 Å². The van der Waals surface area contributed by atoms with Gasteiger partial charge >= 0.3 is 0 Å². The molecule has 0 radical (unpaired) electrons. The normalized spacial score (nSPS) is 52.5. The summed E-state index contributed by atoms with van der Waals surface area (Å²) in [6.45, 7) is 5.49. The van der Waals surface area contributed by atoms with E-state index in [0.717, 1.165) is 17.3 Å². The molecule has 6 heteroatoms. The number of carbonyl (C=O) groups is 2. The standard InChI is InChI=1S/C22H29FO4S/c1-12-9-16-15-6-5-13-10-14(24)7-8-19(13,2)21(15,23)17(25)11-20(16,3)22(12,27)18(26)28-4/h7-8,10,12,15-17,25,27H,5-6,9,11H2,1-4H3/t12?,15?,16?,17?,19-,20-,21-,22-/m0/s1. The lowest BCUT2D eigenvalue weighted by Crippen LogP contribution is -2.69. The Labute approximate surface area is 169 Å². The molecule has 3 fully saturated rings. The van der Waals surface area contributed by atoms with Crippen molar-refractivity contribution in [3.63, 3.8) is 0 Å². The predicted octanol–water partition coefficient (Wildman–Crippen LogP) is 3.22. The smallest absolute Gasteiger partial charge is 0.221 e. The minimum Gasteiger partial charge on any atom is -0.390 e. The van der Waals surface area contributed by atoms with E-state index in [0.29, 0.717) is 19.3 Å². The highest BCUT2D eigenvalue weighted by atomic mass is 32.2. The zero-order valence-electron chi connectivity index (χ0n) is 16.9. The second-order valence-corrected chi connectivity index (χ2v) is 10.4. The maximum absolute atomic E-state index is 16.9. The molecule has 0 heterocycles. The highest BCUT2D eigenvalue weighted by molar-refractivity contribution is 8.13. The van der Waals surface area contributed by atoms with Crippen LogP contribution in [0.4, 0.5) is 4.39 Å². The van der Waals surface area contributed by atoms with Crippen LogP contribution in [0.1, 0.15) is 46.5 Å². The Kier molecular flexibility index (Phi) is 4.36. The Morgan fingerprint density at radius 2 is 2.00 bits per heavy atom. The number of hydrogen-bond acceptors (Lipinski definition) is 5. The third kappa shape index (κ3) is 2.09. The molecule has 2 N–H and O–H groups in total. The van der Waals surface area contributed by atoms with E-state index in [1.807, 2.05) is 13.8 Å². The Bertz CT molecular complexity index is 808. The number of fused-ring (bicyclic) bond motifs is 5. The Balaban J connectivity index is 1.84. The van der Waals surface area contributed by atoms with Crippen molar-refractivity contribution < 1.29 is 24.2 Å². The molecule has 28 heavy (non-hydrogen) atoms. The third-order valence-electron chi connectivity index (χ3n) is 8.72. The summed E-state index contributed by atoms with van der Waals surface area (Å²) in [6.07, 6.45) is 6.56. The van der Waals surface area contributed by atoms with Crippen LogP contribution in [0.3, 0.4) is 0 Å². The van der Waals surface area contributed by atoms with E-state index < -0.39 is 34.1 Å². The van der Waals surface area contributed by atoms with Crippen LogP contribution in [-0.4, -0.2) is 44.7 Å². The zero-order chi connectivity index (χ0) is 20.7. The van der Waals surface area contributed by atoms with E-state index in [1.54, 1.807) is 19.3 Å². The van der Waals surface area contributed by atoms with Gasteiger partial charge in [0.15, 0.2) is 11.5 Å². The van der Waals surface area contributed by atoms with Crippen molar-refractivity contribution >= 4 is 22.7 Å². The number of alkyl halides is 1. The summed E-state index contributed by atoms with van der Waals surface area (Å²) < 4.78 is 16.9. The number of allylic oxidation sites excluding steroid dienone is 4. The summed E-state index contributed by atoms with van der Waals surface area (Å²) in [5.41, 5.74) is -4.68. The highest BCUT2D eigenvalue weighted by Crippen LogP contribution is 2.70. The molecule has 4 aliphatic carbocycles. The molecule has 0 saturated heterocycles. The van der Waals surface area contributed by atoms with Gasteiger partial charge in [-0.3, -0.25) is 9.59 Å². The van der Waals surface area contributed by atoms with E-state index >= 15 is 4.39 Å². The summed E-state index contributed by atoms with van der Waals surface area (Å²) in [5.74, 6) is -1.13. The fourth-order valence-electron chi connectivity index (χ4n) is 7.14. The number of rotatable bonds is 1. The summed E-state index contributed by atoms with van der Waals surface area (Å²) in [7, 11) is 0. The van der Waals surface area contributed by atoms with Gasteiger partial charge in [0, 0.05) is 16.7 Å². The van der Waals surface area contributed by atoms with Crippen molar-refractivity contribution in [1.82, 2.24) is 0 Å². The summed E-state index contributed by atoms with van der Waals surface area (Å²) >= 11 is 1.00. The molecule has 0 spiro atoms. The van der Waals surface area contributed by atoms with Gasteiger partial charge < -0.3 is 10.2 Å². The van der Waals surface area contributed by atoms with Crippen LogP contribution in [0, 0.1) is 28.6 Å². The number of ketones is 1. The Hall–Kier alpha value is -0.980. The number of aliphatic hydroxyl groups is 2. The van der Waals surface area contributed by atoms with Crippen LogP contribution in [0.15, 0.2) is 23.8 Å². The van der Waals surface area contributed by atoms with Gasteiger partial charge in [0.2, 0.25) is 5.12 Å². The molecular formula is C22H29FO4S. The number of thioether (sulfide) groups is 1. The average molecular weight is 409 g/mol. The molecule has 0 aliphatic heterocycles. The molecule has 154 valence electrons. The second-order valence-electron chi connectivity index (χ2n) is 9.66. The molecule has 4 aliphatic rings. The molecule has 0 bridgehead atoms. The van der Waals surface area contributed by atoms with Crippen molar-refractivity contribution in [3.05, 3.63) is 23.8 Å². The van der Waals surface area contributed by atoms with Crippen LogP contribution in [0.2, 0.25) is 0 Å². The second kappa shape index (κ2) is 6.02. The molecule has 4 unspecified atom stereocenters. The molecule has 0 aromatic rings. The van der Waals surface area contributed by atoms with E-state index in [1.165, 1.54) is 12.2 Å². The van der Waals surface area contributed by atoms with Crippen molar-refractivity contribution in [1.29, 1.82) is 0 Å². The molecule has 0 amide bonds. The number of aliphatic hydroxyl groups excluding tert-OH is 1. The molecule has 8 atom stereocenters. The van der Waals surface area contributed by atoms with Gasteiger partial charge in [-0.2, -0.15) is 0 Å². The largest absolute Gasteiger partial charge is 0.390 e. The molecule has 0 aromatic carbocycles. The first-order valence-electron chi connectivity index (χ1n) is 10.1. The van der Waals surface area contributed by atoms with Crippen molar-refractivity contribution in [2.24, 2.45) is 28.6 Å². The fourth-order valence-corrected chi connectivity index (χ4v) is 7.88. The zero-order valence-corrected chi connectivity index (χ0v) is 17.7. The molecule has 4 rings (SSSR count). The summed E-state index contributed by atoms with van der Waals surface area (Å²) in [4.78, 5) is 24.6. The van der Waals surface area contributed by atoms with Crippen LogP contribution in [0.5, 0.6) is 0 Å². The Morgan fingerprint density at radius 3 is 2.64 bits per heavy atom. The molecule has 0 aromatic heterocycles. The molecule has 3 saturated carbocycles. The van der Waals surface area contributed by atoms with Gasteiger partial charge in [-0.15, -0.1) is 0 Å². The molecule has 4 nitrogen and oxygen atoms in total.